The third kappa shape index (κ3) is 2.34. The molecule has 94 valence electrons. The molecular formula is C13H9BrN4O. The molecule has 0 bridgehead atoms. The summed E-state index contributed by atoms with van der Waals surface area (Å²) in [5.74, 6) is 1.36. The minimum Gasteiger partial charge on any atom is -0.384 e. The number of aromatic nitrogens is 3. The van der Waals surface area contributed by atoms with Crippen LogP contribution in [0.1, 0.15) is 0 Å². The van der Waals surface area contributed by atoms with Crippen molar-refractivity contribution >= 4 is 21.7 Å². The van der Waals surface area contributed by atoms with E-state index in [9.17, 15) is 0 Å². The number of hydrogen-bond acceptors (Lipinski definition) is 5. The van der Waals surface area contributed by atoms with Gasteiger partial charge in [-0.2, -0.15) is 4.98 Å². The predicted octanol–water partition coefficient (Wildman–Crippen LogP) is 3.14. The van der Waals surface area contributed by atoms with Crippen LogP contribution < -0.4 is 5.73 Å². The summed E-state index contributed by atoms with van der Waals surface area (Å²) in [7, 11) is 0. The van der Waals surface area contributed by atoms with Gasteiger partial charge in [-0.15, -0.1) is 0 Å². The SMILES string of the molecule is Nc1cc(-c2nc(-c3ccccc3Br)no2)ccn1. The summed E-state index contributed by atoms with van der Waals surface area (Å²) in [6.45, 7) is 0. The minimum atomic E-state index is 0.415. The lowest BCUT2D eigenvalue weighted by Crippen LogP contribution is -1.89. The van der Waals surface area contributed by atoms with Gasteiger partial charge >= 0.3 is 0 Å². The van der Waals surface area contributed by atoms with Crippen molar-refractivity contribution in [1.82, 2.24) is 15.1 Å². The highest BCUT2D eigenvalue weighted by Crippen LogP contribution is 2.27. The van der Waals surface area contributed by atoms with Gasteiger partial charge in [-0.25, -0.2) is 4.98 Å². The highest BCUT2D eigenvalue weighted by molar-refractivity contribution is 9.10. The van der Waals surface area contributed by atoms with E-state index in [2.05, 4.69) is 31.1 Å². The first-order chi connectivity index (χ1) is 9.24. The summed E-state index contributed by atoms with van der Waals surface area (Å²) in [6.07, 6.45) is 1.60. The largest absolute Gasteiger partial charge is 0.384 e. The van der Waals surface area contributed by atoms with E-state index in [1.807, 2.05) is 24.3 Å². The average molecular weight is 317 g/mol. The third-order valence-electron chi connectivity index (χ3n) is 2.57. The van der Waals surface area contributed by atoms with Crippen molar-refractivity contribution in [3.63, 3.8) is 0 Å². The molecule has 3 aromatic rings. The fraction of sp³-hybridized carbons (Fsp3) is 0. The van der Waals surface area contributed by atoms with Gasteiger partial charge in [0.2, 0.25) is 5.82 Å². The van der Waals surface area contributed by atoms with Crippen LogP contribution >= 0.6 is 15.9 Å². The minimum absolute atomic E-state index is 0.415. The fourth-order valence-electron chi connectivity index (χ4n) is 1.67. The van der Waals surface area contributed by atoms with Crippen molar-refractivity contribution in [3.8, 4) is 22.8 Å². The Hall–Kier alpha value is -2.21. The highest BCUT2D eigenvalue weighted by atomic mass is 79.9. The highest BCUT2D eigenvalue weighted by Gasteiger charge is 2.12. The molecule has 0 aliphatic heterocycles. The van der Waals surface area contributed by atoms with Gasteiger partial charge in [0.15, 0.2) is 0 Å². The van der Waals surface area contributed by atoms with Crippen LogP contribution in [0.3, 0.4) is 0 Å². The predicted molar refractivity (Wildman–Crippen MR) is 75.1 cm³/mol. The molecule has 5 nitrogen and oxygen atoms in total. The molecule has 0 radical (unpaired) electrons. The Morgan fingerprint density at radius 1 is 1.16 bits per heavy atom. The molecule has 2 aromatic heterocycles. The van der Waals surface area contributed by atoms with Crippen LogP contribution in [-0.4, -0.2) is 15.1 Å². The maximum atomic E-state index is 5.63. The monoisotopic (exact) mass is 316 g/mol. The van der Waals surface area contributed by atoms with Crippen molar-refractivity contribution in [2.45, 2.75) is 0 Å². The van der Waals surface area contributed by atoms with Gasteiger partial charge in [-0.05, 0) is 24.3 Å². The normalized spacial score (nSPS) is 10.6. The molecule has 0 saturated carbocycles. The molecule has 19 heavy (non-hydrogen) atoms. The van der Waals surface area contributed by atoms with E-state index in [1.165, 1.54) is 0 Å². The van der Waals surface area contributed by atoms with Gasteiger partial charge in [-0.1, -0.05) is 33.2 Å². The van der Waals surface area contributed by atoms with Gasteiger partial charge in [-0.3, -0.25) is 0 Å². The lowest BCUT2D eigenvalue weighted by Gasteiger charge is -1.96. The van der Waals surface area contributed by atoms with Crippen molar-refractivity contribution in [2.75, 3.05) is 5.73 Å². The molecule has 0 fully saturated rings. The molecule has 2 heterocycles. The second kappa shape index (κ2) is 4.81. The molecular weight excluding hydrogens is 308 g/mol. The van der Waals surface area contributed by atoms with Crippen molar-refractivity contribution in [3.05, 3.63) is 47.1 Å². The average Bonchev–Trinajstić information content (AvgIpc) is 2.89. The van der Waals surface area contributed by atoms with Crippen LogP contribution in [0.5, 0.6) is 0 Å². The van der Waals surface area contributed by atoms with Gasteiger partial charge < -0.3 is 10.3 Å². The van der Waals surface area contributed by atoms with Gasteiger partial charge in [0.1, 0.15) is 5.82 Å². The zero-order chi connectivity index (χ0) is 13.2. The first-order valence-electron chi connectivity index (χ1n) is 5.54. The Kier molecular flexibility index (Phi) is 3.00. The lowest BCUT2D eigenvalue weighted by molar-refractivity contribution is 0.432. The second-order valence-electron chi connectivity index (χ2n) is 3.87. The van der Waals surface area contributed by atoms with Crippen LogP contribution in [0, 0.1) is 0 Å². The van der Waals surface area contributed by atoms with Crippen molar-refractivity contribution in [2.24, 2.45) is 0 Å². The quantitative estimate of drug-likeness (QED) is 0.785. The Labute approximate surface area is 117 Å². The zero-order valence-corrected chi connectivity index (χ0v) is 11.3. The molecule has 0 aliphatic carbocycles. The standard InChI is InChI=1S/C13H9BrN4O/c14-10-4-2-1-3-9(10)12-17-13(19-18-12)8-5-6-16-11(15)7-8/h1-7H,(H2,15,16). The van der Waals surface area contributed by atoms with E-state index >= 15 is 0 Å². The number of anilines is 1. The maximum Gasteiger partial charge on any atom is 0.258 e. The van der Waals surface area contributed by atoms with E-state index in [4.69, 9.17) is 10.3 Å². The molecule has 0 spiro atoms. The molecule has 3 rings (SSSR count). The van der Waals surface area contributed by atoms with E-state index in [0.29, 0.717) is 17.5 Å². The van der Waals surface area contributed by atoms with Crippen molar-refractivity contribution in [1.29, 1.82) is 0 Å². The topological polar surface area (TPSA) is 77.8 Å². The number of rotatable bonds is 2. The second-order valence-corrected chi connectivity index (χ2v) is 4.73. The maximum absolute atomic E-state index is 5.63. The molecule has 0 aliphatic rings. The first kappa shape index (κ1) is 11.9. The summed E-state index contributed by atoms with van der Waals surface area (Å²) in [5.41, 5.74) is 7.25. The lowest BCUT2D eigenvalue weighted by atomic mass is 10.2. The molecule has 0 saturated heterocycles. The Morgan fingerprint density at radius 2 is 2.00 bits per heavy atom. The van der Waals surface area contributed by atoms with Crippen LogP contribution in [0.2, 0.25) is 0 Å². The van der Waals surface area contributed by atoms with Gasteiger partial charge in [0, 0.05) is 21.8 Å². The fourth-order valence-corrected chi connectivity index (χ4v) is 2.14. The third-order valence-corrected chi connectivity index (χ3v) is 3.26. The van der Waals surface area contributed by atoms with Gasteiger partial charge in [0.05, 0.1) is 0 Å². The molecule has 0 unspecified atom stereocenters. The van der Waals surface area contributed by atoms with E-state index in [-0.39, 0.29) is 0 Å². The molecule has 0 amide bonds. The van der Waals surface area contributed by atoms with Crippen LogP contribution in [-0.2, 0) is 0 Å². The van der Waals surface area contributed by atoms with Crippen molar-refractivity contribution < 1.29 is 4.52 Å². The Balaban J connectivity index is 2.03. The zero-order valence-electron chi connectivity index (χ0n) is 9.75. The molecule has 0 atom stereocenters. The van der Waals surface area contributed by atoms with E-state index in [1.54, 1.807) is 18.3 Å². The van der Waals surface area contributed by atoms with Gasteiger partial charge in [0.25, 0.3) is 5.89 Å². The number of halogens is 1. The summed E-state index contributed by atoms with van der Waals surface area (Å²) in [4.78, 5) is 8.29. The number of nitrogens with zero attached hydrogens (tertiary/aromatic N) is 3. The van der Waals surface area contributed by atoms with E-state index in [0.717, 1.165) is 15.6 Å². The summed E-state index contributed by atoms with van der Waals surface area (Å²) in [5, 5.41) is 3.98. The molecule has 2 N–H and O–H groups in total. The summed E-state index contributed by atoms with van der Waals surface area (Å²) in [6, 6.07) is 11.2. The first-order valence-corrected chi connectivity index (χ1v) is 6.34. The van der Waals surface area contributed by atoms with Crippen LogP contribution in [0.15, 0.2) is 51.6 Å². The van der Waals surface area contributed by atoms with Crippen LogP contribution in [0.25, 0.3) is 22.8 Å². The molecule has 6 heteroatoms. The number of benzene rings is 1. The number of pyridine rings is 1. The number of nitrogens with two attached hydrogens (primary N) is 1. The number of hydrogen-bond donors (Lipinski definition) is 1. The summed E-state index contributed by atoms with van der Waals surface area (Å²) < 4.78 is 6.16. The molecule has 1 aromatic carbocycles. The summed E-state index contributed by atoms with van der Waals surface area (Å²) >= 11 is 3.46. The number of nitrogen functional groups attached to an aromatic ring is 1. The van der Waals surface area contributed by atoms with Crippen LogP contribution in [0.4, 0.5) is 5.82 Å². The Bertz CT molecular complexity index is 726. The van der Waals surface area contributed by atoms with E-state index < -0.39 is 0 Å². The smallest absolute Gasteiger partial charge is 0.258 e. The Morgan fingerprint density at radius 3 is 2.79 bits per heavy atom.